The monoisotopic (exact) mass is 369 g/mol. The van der Waals surface area contributed by atoms with Crippen molar-refractivity contribution in [1.82, 2.24) is 4.98 Å². The number of nitrogens with zero attached hydrogens (tertiary/aromatic N) is 1. The van der Waals surface area contributed by atoms with Crippen molar-refractivity contribution in [3.05, 3.63) is 15.5 Å². The van der Waals surface area contributed by atoms with Crippen molar-refractivity contribution in [2.45, 2.75) is 11.3 Å². The Morgan fingerprint density at radius 2 is 2.07 bits per heavy atom. The van der Waals surface area contributed by atoms with Crippen molar-refractivity contribution >= 4 is 42.3 Å². The summed E-state index contributed by atoms with van der Waals surface area (Å²) >= 11 is 1.50. The molecule has 1 aromatic rings. The van der Waals surface area contributed by atoms with Crippen molar-refractivity contribution in [2.75, 3.05) is 0 Å². The van der Waals surface area contributed by atoms with Crippen molar-refractivity contribution in [3.8, 4) is 5.75 Å². The number of halogens is 4. The average molecular weight is 370 g/mol. The lowest BCUT2D eigenvalue weighted by atomic mass is 10.2. The second kappa shape index (κ2) is 4.34. The van der Waals surface area contributed by atoms with Gasteiger partial charge in [-0.3, -0.25) is 0 Å². The van der Waals surface area contributed by atoms with Gasteiger partial charge in [0.05, 0.1) is 5.56 Å². The van der Waals surface area contributed by atoms with Crippen LogP contribution >= 0.6 is 33.3 Å². The first-order valence-corrected chi connectivity index (χ1v) is 6.74. The van der Waals surface area contributed by atoms with Crippen LogP contribution in [0.3, 0.4) is 0 Å². The van der Waals surface area contributed by atoms with Crippen LogP contribution in [0.25, 0.3) is 0 Å². The van der Waals surface area contributed by atoms with Gasteiger partial charge in [0.1, 0.15) is 8.60 Å². The smallest absolute Gasteiger partial charge is 0.268 e. The third kappa shape index (κ3) is 2.67. The molecule has 0 saturated carbocycles. The average Bonchev–Trinajstić information content (AvgIpc) is 2.06. The van der Waals surface area contributed by atoms with Crippen LogP contribution in [-0.4, -0.2) is 18.5 Å². The summed E-state index contributed by atoms with van der Waals surface area (Å²) in [5.74, 6) is -0.868. The number of hydrogen-bond acceptors (Lipinski definition) is 4. The molecule has 1 N–H and O–H groups in total. The van der Waals surface area contributed by atoms with Gasteiger partial charge in [-0.1, -0.05) is 0 Å². The van der Waals surface area contributed by atoms with Crippen molar-refractivity contribution < 1.29 is 22.3 Å². The Kier molecular flexibility index (Phi) is 3.71. The van der Waals surface area contributed by atoms with Crippen LogP contribution in [0.1, 0.15) is 12.0 Å². The van der Waals surface area contributed by atoms with E-state index in [0.29, 0.717) is 6.20 Å². The second-order valence-electron chi connectivity index (χ2n) is 2.41. The van der Waals surface area contributed by atoms with Gasteiger partial charge in [0.15, 0.2) is 5.75 Å². The number of aromatic hydroxyl groups is 1. The molecule has 0 aromatic carbocycles. The summed E-state index contributed by atoms with van der Waals surface area (Å²) in [6.45, 7) is 0. The molecule has 0 aliphatic heterocycles. The molecule has 0 amide bonds. The van der Waals surface area contributed by atoms with E-state index in [-0.39, 0.29) is 3.70 Å². The molecule has 1 rings (SSSR count). The van der Waals surface area contributed by atoms with Crippen molar-refractivity contribution in [1.29, 1.82) is 0 Å². The molecule has 0 atom stereocenters. The van der Waals surface area contributed by atoms with Gasteiger partial charge in [0.2, 0.25) is 0 Å². The van der Waals surface area contributed by atoms with Gasteiger partial charge in [-0.25, -0.2) is 22.2 Å². The number of pyridine rings is 1. The molecule has 1 aromatic heterocycles. The lowest BCUT2D eigenvalue weighted by Gasteiger charge is -2.08. The van der Waals surface area contributed by atoms with E-state index in [0.717, 1.165) is 0 Å². The number of hydrogen-bond donors (Lipinski definition) is 1. The van der Waals surface area contributed by atoms with Crippen LogP contribution in [0, 0.1) is 3.70 Å². The van der Waals surface area contributed by atoms with Crippen LogP contribution in [0.15, 0.2) is 11.1 Å². The molecule has 9 heteroatoms. The molecule has 15 heavy (non-hydrogen) atoms. The van der Waals surface area contributed by atoms with E-state index in [1.54, 1.807) is 0 Å². The highest BCUT2D eigenvalue weighted by Crippen LogP contribution is 2.36. The van der Waals surface area contributed by atoms with Gasteiger partial charge in [0.25, 0.3) is 15.5 Å². The lowest BCUT2D eigenvalue weighted by molar-refractivity contribution is 0.143. The van der Waals surface area contributed by atoms with Crippen molar-refractivity contribution in [2.24, 2.45) is 0 Å². The highest BCUT2D eigenvalue weighted by atomic mass is 127. The van der Waals surface area contributed by atoms with Gasteiger partial charge in [-0.15, -0.1) is 0 Å². The zero-order valence-electron chi connectivity index (χ0n) is 6.79. The maximum absolute atomic E-state index is 12.5. The maximum Gasteiger partial charge on any atom is 0.268 e. The first kappa shape index (κ1) is 12.8. The molecule has 0 aliphatic carbocycles. The third-order valence-electron chi connectivity index (χ3n) is 1.49. The lowest BCUT2D eigenvalue weighted by Crippen LogP contribution is -2.02. The molecule has 0 fully saturated rings. The van der Waals surface area contributed by atoms with E-state index in [1.165, 1.54) is 22.6 Å². The second-order valence-corrected chi connectivity index (χ2v) is 5.97. The summed E-state index contributed by atoms with van der Waals surface area (Å²) in [6, 6.07) is 0. The molecule has 1 heterocycles. The first-order chi connectivity index (χ1) is 6.75. The normalized spacial score (nSPS) is 12.1. The summed E-state index contributed by atoms with van der Waals surface area (Å²) in [7, 11) is 0.566. The van der Waals surface area contributed by atoms with Crippen LogP contribution in [-0.2, 0) is 9.05 Å². The summed E-state index contributed by atoms with van der Waals surface area (Å²) in [6.07, 6.45) is -2.46. The Morgan fingerprint density at radius 3 is 2.47 bits per heavy atom. The quantitative estimate of drug-likeness (QED) is 0.493. The van der Waals surface area contributed by atoms with Gasteiger partial charge in [-0.05, 0) is 22.6 Å². The SMILES string of the molecule is O=S(=O)(Cl)c1cnc(I)c(O)c1C(F)F. The molecule has 4 nitrogen and oxygen atoms in total. The Labute approximate surface area is 102 Å². The summed E-state index contributed by atoms with van der Waals surface area (Å²) in [4.78, 5) is 2.55. The predicted octanol–water partition coefficient (Wildman–Crippen LogP) is 2.26. The van der Waals surface area contributed by atoms with Gasteiger partial charge < -0.3 is 5.11 Å². The largest absolute Gasteiger partial charge is 0.505 e. The highest BCUT2D eigenvalue weighted by molar-refractivity contribution is 14.1. The Morgan fingerprint density at radius 1 is 1.53 bits per heavy atom. The fourth-order valence-corrected chi connectivity index (χ4v) is 2.30. The van der Waals surface area contributed by atoms with Crippen LogP contribution in [0.2, 0.25) is 0 Å². The molecular weight excluding hydrogens is 366 g/mol. The zero-order valence-corrected chi connectivity index (χ0v) is 10.5. The Bertz CT molecular complexity index is 493. The third-order valence-corrected chi connectivity index (χ3v) is 3.63. The summed E-state index contributed by atoms with van der Waals surface area (Å²) in [5, 5.41) is 9.24. The minimum atomic E-state index is -4.35. The van der Waals surface area contributed by atoms with Crippen LogP contribution in [0.5, 0.6) is 5.75 Å². The van der Waals surface area contributed by atoms with Gasteiger partial charge in [0, 0.05) is 16.9 Å². The highest BCUT2D eigenvalue weighted by Gasteiger charge is 2.27. The zero-order chi connectivity index (χ0) is 11.8. The first-order valence-electron chi connectivity index (χ1n) is 3.35. The predicted molar refractivity (Wildman–Crippen MR) is 56.6 cm³/mol. The standard InChI is InChI=1S/C6H3ClF2INO3S/c7-15(13,14)2-1-11-6(10)4(12)3(2)5(8)9/h1,5,12H. The molecule has 0 spiro atoms. The van der Waals surface area contributed by atoms with Crippen LogP contribution in [0.4, 0.5) is 8.78 Å². The van der Waals surface area contributed by atoms with E-state index < -0.39 is 31.7 Å². The van der Waals surface area contributed by atoms with E-state index in [9.17, 15) is 22.3 Å². The van der Waals surface area contributed by atoms with E-state index in [2.05, 4.69) is 4.98 Å². The van der Waals surface area contributed by atoms with Crippen molar-refractivity contribution in [3.63, 3.8) is 0 Å². The summed E-state index contributed by atoms with van der Waals surface area (Å²) in [5.41, 5.74) is -1.02. The summed E-state index contributed by atoms with van der Waals surface area (Å²) < 4.78 is 46.7. The van der Waals surface area contributed by atoms with Gasteiger partial charge >= 0.3 is 0 Å². The minimum Gasteiger partial charge on any atom is -0.505 e. The molecule has 84 valence electrons. The Hall–Kier alpha value is -0.220. The molecule has 0 aliphatic rings. The number of aromatic nitrogens is 1. The molecule has 0 radical (unpaired) electrons. The van der Waals surface area contributed by atoms with Crippen LogP contribution < -0.4 is 0 Å². The Balaban J connectivity index is 3.62. The van der Waals surface area contributed by atoms with Gasteiger partial charge in [-0.2, -0.15) is 0 Å². The molecule has 0 saturated heterocycles. The van der Waals surface area contributed by atoms with E-state index in [4.69, 9.17) is 10.7 Å². The minimum absolute atomic E-state index is 0.119. The number of alkyl halides is 2. The molecular formula is C6H3ClF2INO3S. The molecule has 0 bridgehead atoms. The maximum atomic E-state index is 12.5. The fourth-order valence-electron chi connectivity index (χ4n) is 0.879. The topological polar surface area (TPSA) is 67.3 Å². The van der Waals surface area contributed by atoms with E-state index >= 15 is 0 Å². The number of rotatable bonds is 2. The molecule has 0 unspecified atom stereocenters. The fraction of sp³-hybridized carbons (Fsp3) is 0.167. The van der Waals surface area contributed by atoms with E-state index in [1.807, 2.05) is 0 Å².